The Kier molecular flexibility index (Phi) is 4.49. The molecule has 2 aliphatic carbocycles. The zero-order valence-corrected chi connectivity index (χ0v) is 12.5. The van der Waals surface area contributed by atoms with Gasteiger partial charge < -0.3 is 4.74 Å². The Labute approximate surface area is 125 Å². The summed E-state index contributed by atoms with van der Waals surface area (Å²) in [7, 11) is 0. The molecule has 2 fully saturated rings. The lowest BCUT2D eigenvalue weighted by atomic mass is 9.84. The molecule has 0 radical (unpaired) electrons. The molecule has 20 heavy (non-hydrogen) atoms. The van der Waals surface area contributed by atoms with E-state index < -0.39 is 0 Å². The van der Waals surface area contributed by atoms with Gasteiger partial charge in [0.25, 0.3) is 0 Å². The molecular weight excluding hydrogens is 272 g/mol. The van der Waals surface area contributed by atoms with E-state index in [1.807, 2.05) is 24.3 Å². The van der Waals surface area contributed by atoms with E-state index in [0.717, 1.165) is 34.9 Å². The molecule has 0 aliphatic heterocycles. The average Bonchev–Trinajstić information content (AvgIpc) is 3.07. The molecule has 3 nitrogen and oxygen atoms in total. The SMILES string of the molecule is NNC(COc1ccc(Cl)cc1)CC1CC2CCC1C2. The second-order valence-electron chi connectivity index (χ2n) is 6.30. The van der Waals surface area contributed by atoms with Crippen LogP contribution in [0.15, 0.2) is 24.3 Å². The Morgan fingerprint density at radius 2 is 2.05 bits per heavy atom. The second kappa shape index (κ2) is 6.33. The van der Waals surface area contributed by atoms with Crippen LogP contribution < -0.4 is 16.0 Å². The van der Waals surface area contributed by atoms with Crippen LogP contribution in [0.1, 0.15) is 32.1 Å². The summed E-state index contributed by atoms with van der Waals surface area (Å²) in [5.74, 6) is 9.30. The van der Waals surface area contributed by atoms with Gasteiger partial charge in [0.2, 0.25) is 0 Å². The van der Waals surface area contributed by atoms with Crippen LogP contribution in [-0.2, 0) is 0 Å². The van der Waals surface area contributed by atoms with Gasteiger partial charge in [-0.15, -0.1) is 0 Å². The third kappa shape index (κ3) is 3.27. The number of hydrazine groups is 1. The van der Waals surface area contributed by atoms with Crippen molar-refractivity contribution in [3.63, 3.8) is 0 Å². The lowest BCUT2D eigenvalue weighted by Gasteiger charge is -2.26. The van der Waals surface area contributed by atoms with Crippen LogP contribution in [0.25, 0.3) is 0 Å². The normalized spacial score (nSPS) is 29.6. The fraction of sp³-hybridized carbons (Fsp3) is 0.625. The second-order valence-corrected chi connectivity index (χ2v) is 6.74. The monoisotopic (exact) mass is 294 g/mol. The van der Waals surface area contributed by atoms with Gasteiger partial charge in [0.05, 0.1) is 6.04 Å². The number of halogens is 1. The Morgan fingerprint density at radius 1 is 1.25 bits per heavy atom. The number of hydrogen-bond acceptors (Lipinski definition) is 3. The molecule has 4 unspecified atom stereocenters. The van der Waals surface area contributed by atoms with Crippen LogP contribution in [0.5, 0.6) is 5.75 Å². The van der Waals surface area contributed by atoms with E-state index in [-0.39, 0.29) is 6.04 Å². The van der Waals surface area contributed by atoms with Gasteiger partial charge in [0.15, 0.2) is 0 Å². The third-order valence-corrected chi connectivity index (χ3v) is 5.22. The molecule has 2 bridgehead atoms. The van der Waals surface area contributed by atoms with Crippen molar-refractivity contribution in [3.05, 3.63) is 29.3 Å². The topological polar surface area (TPSA) is 47.3 Å². The summed E-state index contributed by atoms with van der Waals surface area (Å²) in [5, 5.41) is 0.729. The number of rotatable bonds is 6. The first-order chi connectivity index (χ1) is 9.74. The van der Waals surface area contributed by atoms with E-state index in [2.05, 4.69) is 5.43 Å². The van der Waals surface area contributed by atoms with Crippen LogP contribution in [0, 0.1) is 17.8 Å². The predicted molar refractivity (Wildman–Crippen MR) is 81.6 cm³/mol. The highest BCUT2D eigenvalue weighted by Crippen LogP contribution is 2.49. The summed E-state index contributed by atoms with van der Waals surface area (Å²) >= 11 is 5.86. The van der Waals surface area contributed by atoms with Crippen molar-refractivity contribution >= 4 is 11.6 Å². The number of nitrogens with two attached hydrogens (primary N) is 1. The molecule has 1 aromatic rings. The fourth-order valence-corrected chi connectivity index (χ4v) is 4.07. The standard InChI is InChI=1S/C16H23ClN2O/c17-14-3-5-16(6-4-14)20-10-15(19-18)9-13-8-11-1-2-12(13)7-11/h3-6,11-13,15,19H,1-2,7-10,18H2. The molecule has 3 rings (SSSR count). The Hall–Kier alpha value is -0.770. The van der Waals surface area contributed by atoms with Crippen molar-refractivity contribution in [1.29, 1.82) is 0 Å². The van der Waals surface area contributed by atoms with E-state index in [0.29, 0.717) is 6.61 Å². The van der Waals surface area contributed by atoms with Crippen molar-refractivity contribution in [3.8, 4) is 5.75 Å². The van der Waals surface area contributed by atoms with Crippen molar-refractivity contribution in [1.82, 2.24) is 5.43 Å². The van der Waals surface area contributed by atoms with Crippen LogP contribution in [-0.4, -0.2) is 12.6 Å². The maximum Gasteiger partial charge on any atom is 0.119 e. The minimum atomic E-state index is 0.232. The minimum absolute atomic E-state index is 0.232. The average molecular weight is 295 g/mol. The summed E-state index contributed by atoms with van der Waals surface area (Å²) < 4.78 is 5.80. The van der Waals surface area contributed by atoms with Crippen LogP contribution in [0.2, 0.25) is 5.02 Å². The number of ether oxygens (including phenoxy) is 1. The van der Waals surface area contributed by atoms with Crippen LogP contribution in [0.4, 0.5) is 0 Å². The Morgan fingerprint density at radius 3 is 2.65 bits per heavy atom. The molecule has 0 amide bonds. The molecule has 0 spiro atoms. The highest BCUT2D eigenvalue weighted by atomic mass is 35.5. The summed E-state index contributed by atoms with van der Waals surface area (Å²) in [6, 6.07) is 7.71. The quantitative estimate of drug-likeness (QED) is 0.624. The molecular formula is C16H23ClN2O. The van der Waals surface area contributed by atoms with E-state index in [1.165, 1.54) is 25.7 Å². The Balaban J connectivity index is 1.48. The molecule has 110 valence electrons. The van der Waals surface area contributed by atoms with Crippen LogP contribution >= 0.6 is 11.6 Å². The number of hydrogen-bond donors (Lipinski definition) is 2. The number of fused-ring (bicyclic) bond motifs is 2. The van der Waals surface area contributed by atoms with Gasteiger partial charge in [-0.1, -0.05) is 18.0 Å². The highest BCUT2D eigenvalue weighted by Gasteiger charge is 2.40. The molecule has 2 saturated carbocycles. The van der Waals surface area contributed by atoms with E-state index >= 15 is 0 Å². The lowest BCUT2D eigenvalue weighted by molar-refractivity contribution is 0.212. The van der Waals surface area contributed by atoms with Gasteiger partial charge in [0.1, 0.15) is 12.4 Å². The fourth-order valence-electron chi connectivity index (χ4n) is 3.94. The highest BCUT2D eigenvalue weighted by molar-refractivity contribution is 6.30. The first-order valence-corrected chi connectivity index (χ1v) is 7.97. The van der Waals surface area contributed by atoms with Crippen molar-refractivity contribution in [2.75, 3.05) is 6.61 Å². The molecule has 0 heterocycles. The number of nitrogens with one attached hydrogen (secondary N) is 1. The summed E-state index contributed by atoms with van der Waals surface area (Å²) in [5.41, 5.74) is 2.92. The molecule has 4 heteroatoms. The molecule has 4 atom stereocenters. The van der Waals surface area contributed by atoms with Gasteiger partial charge in [-0.05, 0) is 67.7 Å². The van der Waals surface area contributed by atoms with E-state index in [4.69, 9.17) is 22.2 Å². The maximum absolute atomic E-state index is 5.86. The van der Waals surface area contributed by atoms with Crippen molar-refractivity contribution in [2.45, 2.75) is 38.1 Å². The predicted octanol–water partition coefficient (Wildman–Crippen LogP) is 3.38. The van der Waals surface area contributed by atoms with Gasteiger partial charge in [0, 0.05) is 5.02 Å². The van der Waals surface area contributed by atoms with Gasteiger partial charge in [-0.3, -0.25) is 11.3 Å². The lowest BCUT2D eigenvalue weighted by Crippen LogP contribution is -2.41. The zero-order chi connectivity index (χ0) is 13.9. The smallest absolute Gasteiger partial charge is 0.119 e. The molecule has 0 aromatic heterocycles. The first-order valence-electron chi connectivity index (χ1n) is 7.59. The zero-order valence-electron chi connectivity index (χ0n) is 11.7. The minimum Gasteiger partial charge on any atom is -0.492 e. The molecule has 0 saturated heterocycles. The van der Waals surface area contributed by atoms with Gasteiger partial charge in [-0.25, -0.2) is 0 Å². The maximum atomic E-state index is 5.86. The van der Waals surface area contributed by atoms with Crippen LogP contribution in [0.3, 0.4) is 0 Å². The molecule has 3 N–H and O–H groups in total. The summed E-state index contributed by atoms with van der Waals surface area (Å²) in [6.07, 6.45) is 6.84. The summed E-state index contributed by atoms with van der Waals surface area (Å²) in [6.45, 7) is 0.617. The van der Waals surface area contributed by atoms with Gasteiger partial charge >= 0.3 is 0 Å². The van der Waals surface area contributed by atoms with E-state index in [1.54, 1.807) is 0 Å². The molecule has 2 aliphatic rings. The third-order valence-electron chi connectivity index (χ3n) is 4.97. The number of benzene rings is 1. The van der Waals surface area contributed by atoms with Crippen molar-refractivity contribution in [2.24, 2.45) is 23.6 Å². The van der Waals surface area contributed by atoms with E-state index in [9.17, 15) is 0 Å². The first kappa shape index (κ1) is 14.2. The summed E-state index contributed by atoms with van der Waals surface area (Å²) in [4.78, 5) is 0. The molecule has 1 aromatic carbocycles. The van der Waals surface area contributed by atoms with Crippen molar-refractivity contribution < 1.29 is 4.74 Å². The van der Waals surface area contributed by atoms with Gasteiger partial charge in [-0.2, -0.15) is 0 Å². The largest absolute Gasteiger partial charge is 0.492 e. The Bertz CT molecular complexity index is 437.